The average molecular weight is 313 g/mol. The fraction of sp³-hybridized carbons (Fsp3) is 0.950. The molecule has 0 saturated heterocycles. The van der Waals surface area contributed by atoms with Crippen molar-refractivity contribution in [2.45, 2.75) is 105 Å². The maximum atomic E-state index is 11.6. The average Bonchev–Trinajstić information content (AvgIpc) is 2.40. The molecule has 2 heteroatoms. The van der Waals surface area contributed by atoms with E-state index in [1.807, 2.05) is 0 Å². The highest BCUT2D eigenvalue weighted by atomic mass is 16.5. The molecule has 0 amide bonds. The second-order valence-electron chi connectivity index (χ2n) is 8.29. The molecule has 2 nitrogen and oxygen atoms in total. The quantitative estimate of drug-likeness (QED) is 0.286. The van der Waals surface area contributed by atoms with E-state index in [1.165, 1.54) is 44.9 Å². The number of hydrogen-bond donors (Lipinski definition) is 0. The Kier molecular flexibility index (Phi) is 12.6. The van der Waals surface area contributed by atoms with Crippen LogP contribution in [0.15, 0.2) is 0 Å². The van der Waals surface area contributed by atoms with Crippen LogP contribution in [0.25, 0.3) is 0 Å². The molecule has 0 rings (SSSR count). The minimum atomic E-state index is -0.00134. The van der Waals surface area contributed by atoms with E-state index < -0.39 is 0 Å². The first-order valence-electron chi connectivity index (χ1n) is 9.47. The number of hydrogen-bond acceptors (Lipinski definition) is 2. The normalized spacial score (nSPS) is 11.9. The van der Waals surface area contributed by atoms with E-state index in [-0.39, 0.29) is 5.97 Å². The minimum Gasteiger partial charge on any atom is -0.466 e. The fourth-order valence-electron chi connectivity index (χ4n) is 2.54. The molecule has 0 fully saturated rings. The van der Waals surface area contributed by atoms with Gasteiger partial charge in [0.25, 0.3) is 0 Å². The third-order valence-corrected chi connectivity index (χ3v) is 4.00. The Hall–Kier alpha value is -0.530. The van der Waals surface area contributed by atoms with Crippen molar-refractivity contribution in [1.82, 2.24) is 0 Å². The lowest BCUT2D eigenvalue weighted by molar-refractivity contribution is -0.143. The highest BCUT2D eigenvalue weighted by molar-refractivity contribution is 5.69. The lowest BCUT2D eigenvalue weighted by atomic mass is 9.89. The number of carbonyl (C=O) groups is 1. The van der Waals surface area contributed by atoms with Crippen molar-refractivity contribution >= 4 is 5.97 Å². The van der Waals surface area contributed by atoms with Gasteiger partial charge in [-0.2, -0.15) is 0 Å². The van der Waals surface area contributed by atoms with E-state index >= 15 is 0 Å². The van der Waals surface area contributed by atoms with Crippen LogP contribution in [0.1, 0.15) is 105 Å². The van der Waals surface area contributed by atoms with Crippen LogP contribution in [0.5, 0.6) is 0 Å². The Morgan fingerprint density at radius 1 is 0.864 bits per heavy atom. The van der Waals surface area contributed by atoms with E-state index in [0.29, 0.717) is 18.4 Å². The Bertz CT molecular complexity index is 263. The predicted octanol–water partition coefficient (Wildman–Crippen LogP) is 6.52. The van der Waals surface area contributed by atoms with Gasteiger partial charge in [0.05, 0.1) is 6.61 Å². The zero-order valence-corrected chi connectivity index (χ0v) is 15.9. The molecule has 0 aliphatic heterocycles. The Morgan fingerprint density at radius 2 is 1.45 bits per heavy atom. The summed E-state index contributed by atoms with van der Waals surface area (Å²) < 4.78 is 5.30. The molecule has 0 atom stereocenters. The Balaban J connectivity index is 3.26. The van der Waals surface area contributed by atoms with Crippen molar-refractivity contribution in [2.75, 3.05) is 6.61 Å². The fourth-order valence-corrected chi connectivity index (χ4v) is 2.54. The van der Waals surface area contributed by atoms with Crippen molar-refractivity contribution in [3.8, 4) is 0 Å². The second kappa shape index (κ2) is 13.0. The van der Waals surface area contributed by atoms with Crippen molar-refractivity contribution in [3.05, 3.63) is 0 Å². The highest BCUT2D eigenvalue weighted by Crippen LogP contribution is 2.22. The van der Waals surface area contributed by atoms with Crippen molar-refractivity contribution in [1.29, 1.82) is 0 Å². The molecule has 0 N–H and O–H groups in total. The molecule has 0 spiro atoms. The molecule has 0 radical (unpaired) electrons. The van der Waals surface area contributed by atoms with Gasteiger partial charge in [0.2, 0.25) is 0 Å². The van der Waals surface area contributed by atoms with Crippen LogP contribution in [-0.2, 0) is 9.53 Å². The summed E-state index contributed by atoms with van der Waals surface area (Å²) in [6.07, 6.45) is 12.6. The number of ether oxygens (including phenoxy) is 1. The molecular weight excluding hydrogens is 272 g/mol. The molecule has 0 aliphatic rings. The largest absolute Gasteiger partial charge is 0.466 e. The van der Waals surface area contributed by atoms with Crippen molar-refractivity contribution in [3.63, 3.8) is 0 Å². The Morgan fingerprint density at radius 3 is 2.09 bits per heavy atom. The third-order valence-electron chi connectivity index (χ3n) is 4.00. The van der Waals surface area contributed by atoms with Gasteiger partial charge in [-0.15, -0.1) is 0 Å². The SMILES string of the molecule is CC(C)CCCCCCC(=O)OCCCCCCC(C)(C)C. The van der Waals surface area contributed by atoms with Crippen LogP contribution < -0.4 is 0 Å². The van der Waals surface area contributed by atoms with Gasteiger partial charge in [-0.25, -0.2) is 0 Å². The van der Waals surface area contributed by atoms with Gasteiger partial charge in [-0.1, -0.05) is 79.6 Å². The van der Waals surface area contributed by atoms with Gasteiger partial charge in [0, 0.05) is 6.42 Å². The van der Waals surface area contributed by atoms with Crippen LogP contribution >= 0.6 is 0 Å². The topological polar surface area (TPSA) is 26.3 Å². The molecule has 22 heavy (non-hydrogen) atoms. The maximum Gasteiger partial charge on any atom is 0.305 e. The van der Waals surface area contributed by atoms with E-state index in [9.17, 15) is 4.79 Å². The molecule has 0 saturated carbocycles. The number of carbonyl (C=O) groups excluding carboxylic acids is 1. The molecular formula is C20H40O2. The minimum absolute atomic E-state index is 0.00134. The third kappa shape index (κ3) is 17.5. The number of unbranched alkanes of at least 4 members (excludes halogenated alkanes) is 6. The second-order valence-corrected chi connectivity index (χ2v) is 8.29. The first-order chi connectivity index (χ1) is 10.3. The highest BCUT2D eigenvalue weighted by Gasteiger charge is 2.08. The zero-order chi connectivity index (χ0) is 16.8. The summed E-state index contributed by atoms with van der Waals surface area (Å²) in [4.78, 5) is 11.6. The zero-order valence-electron chi connectivity index (χ0n) is 15.9. The molecule has 132 valence electrons. The summed E-state index contributed by atoms with van der Waals surface area (Å²) in [5.41, 5.74) is 0.446. The molecule has 0 aliphatic carbocycles. The summed E-state index contributed by atoms with van der Waals surface area (Å²) in [5.74, 6) is 0.798. The van der Waals surface area contributed by atoms with Crippen molar-refractivity contribution < 1.29 is 9.53 Å². The van der Waals surface area contributed by atoms with E-state index in [1.54, 1.807) is 0 Å². The van der Waals surface area contributed by atoms with Gasteiger partial charge in [0.15, 0.2) is 0 Å². The number of esters is 1. The van der Waals surface area contributed by atoms with Crippen LogP contribution in [-0.4, -0.2) is 12.6 Å². The van der Waals surface area contributed by atoms with Crippen LogP contribution in [0, 0.1) is 11.3 Å². The molecule has 0 heterocycles. The van der Waals surface area contributed by atoms with Gasteiger partial charge in [-0.3, -0.25) is 4.79 Å². The summed E-state index contributed by atoms with van der Waals surface area (Å²) in [6.45, 7) is 12.0. The summed E-state index contributed by atoms with van der Waals surface area (Å²) in [7, 11) is 0. The monoisotopic (exact) mass is 312 g/mol. The van der Waals surface area contributed by atoms with Gasteiger partial charge < -0.3 is 4.74 Å². The van der Waals surface area contributed by atoms with E-state index in [4.69, 9.17) is 4.74 Å². The molecule has 0 aromatic carbocycles. The summed E-state index contributed by atoms with van der Waals surface area (Å²) in [5, 5.41) is 0. The summed E-state index contributed by atoms with van der Waals surface area (Å²) in [6, 6.07) is 0. The van der Waals surface area contributed by atoms with Crippen molar-refractivity contribution in [2.24, 2.45) is 11.3 Å². The molecule has 0 aromatic rings. The van der Waals surface area contributed by atoms with Gasteiger partial charge in [-0.05, 0) is 30.6 Å². The Labute approximate surface area is 139 Å². The molecule has 0 aromatic heterocycles. The van der Waals surface area contributed by atoms with Crippen LogP contribution in [0.2, 0.25) is 0 Å². The maximum absolute atomic E-state index is 11.6. The van der Waals surface area contributed by atoms with Gasteiger partial charge >= 0.3 is 5.97 Å². The van der Waals surface area contributed by atoms with Gasteiger partial charge in [0.1, 0.15) is 0 Å². The summed E-state index contributed by atoms with van der Waals surface area (Å²) >= 11 is 0. The molecule has 0 unspecified atom stereocenters. The molecule has 0 bridgehead atoms. The van der Waals surface area contributed by atoms with Crippen LogP contribution in [0.3, 0.4) is 0 Å². The van der Waals surface area contributed by atoms with Crippen LogP contribution in [0.4, 0.5) is 0 Å². The number of rotatable bonds is 13. The van der Waals surface area contributed by atoms with E-state index in [0.717, 1.165) is 25.2 Å². The lowest BCUT2D eigenvalue weighted by Gasteiger charge is -2.17. The standard InChI is InChI=1S/C20H40O2/c1-18(2)14-10-6-7-11-15-19(21)22-17-13-9-8-12-16-20(3,4)5/h18H,6-17H2,1-5H3. The first-order valence-corrected chi connectivity index (χ1v) is 9.47. The van der Waals surface area contributed by atoms with E-state index in [2.05, 4.69) is 34.6 Å². The predicted molar refractivity (Wildman–Crippen MR) is 96.0 cm³/mol. The first kappa shape index (κ1) is 21.5. The smallest absolute Gasteiger partial charge is 0.305 e. The lowest BCUT2D eigenvalue weighted by Crippen LogP contribution is -2.06.